The molecule has 0 spiro atoms. The third kappa shape index (κ3) is 1.46. The third-order valence-corrected chi connectivity index (χ3v) is 2.52. The first-order valence-electron chi connectivity index (χ1n) is 4.79. The molecule has 1 aliphatic rings. The molecule has 68 valence electrons. The lowest BCUT2D eigenvalue weighted by Crippen LogP contribution is -2.09. The summed E-state index contributed by atoms with van der Waals surface area (Å²) in [5.41, 5.74) is 4.17. The van der Waals surface area contributed by atoms with Crippen molar-refractivity contribution in [2.24, 2.45) is 0 Å². The molecule has 0 aromatic heterocycles. The molecule has 0 bridgehead atoms. The standard InChI is InChI=1S/C12H15N/c1-3-5-10-6-4-7-11-8-9(2)13-12(10)11/h3-4,6-7,9,13H,1,5,8H2,2H3. The van der Waals surface area contributed by atoms with Gasteiger partial charge >= 0.3 is 0 Å². The number of rotatable bonds is 2. The molecule has 0 radical (unpaired) electrons. The molecule has 1 aromatic rings. The monoisotopic (exact) mass is 173 g/mol. The number of hydrogen-bond acceptors (Lipinski definition) is 1. The van der Waals surface area contributed by atoms with E-state index in [9.17, 15) is 0 Å². The van der Waals surface area contributed by atoms with E-state index < -0.39 is 0 Å². The van der Waals surface area contributed by atoms with E-state index in [2.05, 4.69) is 37.0 Å². The van der Waals surface area contributed by atoms with Crippen LogP contribution in [0.5, 0.6) is 0 Å². The molecule has 2 rings (SSSR count). The predicted octanol–water partition coefficient (Wildman–Crippen LogP) is 2.77. The summed E-state index contributed by atoms with van der Waals surface area (Å²) in [6.07, 6.45) is 4.07. The van der Waals surface area contributed by atoms with Crippen molar-refractivity contribution < 1.29 is 0 Å². The Balaban J connectivity index is 2.39. The van der Waals surface area contributed by atoms with Crippen molar-refractivity contribution in [1.82, 2.24) is 0 Å². The van der Waals surface area contributed by atoms with Crippen LogP contribution in [-0.4, -0.2) is 6.04 Å². The maximum absolute atomic E-state index is 3.77. The van der Waals surface area contributed by atoms with E-state index >= 15 is 0 Å². The van der Waals surface area contributed by atoms with Crippen LogP contribution >= 0.6 is 0 Å². The van der Waals surface area contributed by atoms with Gasteiger partial charge in [-0.1, -0.05) is 24.3 Å². The van der Waals surface area contributed by atoms with Crippen molar-refractivity contribution in [3.05, 3.63) is 42.0 Å². The van der Waals surface area contributed by atoms with Gasteiger partial charge in [-0.2, -0.15) is 0 Å². The predicted molar refractivity (Wildman–Crippen MR) is 57.1 cm³/mol. The van der Waals surface area contributed by atoms with Crippen LogP contribution in [0.2, 0.25) is 0 Å². The van der Waals surface area contributed by atoms with Crippen molar-refractivity contribution in [2.75, 3.05) is 5.32 Å². The van der Waals surface area contributed by atoms with E-state index in [1.807, 2.05) is 6.08 Å². The molecule has 0 amide bonds. The molecule has 1 unspecified atom stereocenters. The van der Waals surface area contributed by atoms with Crippen LogP contribution in [0, 0.1) is 0 Å². The Kier molecular flexibility index (Phi) is 2.09. The van der Waals surface area contributed by atoms with E-state index in [1.54, 1.807) is 0 Å². The zero-order valence-electron chi connectivity index (χ0n) is 8.01. The third-order valence-electron chi connectivity index (χ3n) is 2.52. The quantitative estimate of drug-likeness (QED) is 0.678. The summed E-state index contributed by atoms with van der Waals surface area (Å²) in [6, 6.07) is 7.10. The van der Waals surface area contributed by atoms with E-state index in [0.29, 0.717) is 6.04 Å². The fraction of sp³-hybridized carbons (Fsp3) is 0.333. The molecule has 1 heteroatoms. The Morgan fingerprint density at radius 3 is 3.23 bits per heavy atom. The summed E-state index contributed by atoms with van der Waals surface area (Å²) in [4.78, 5) is 0. The van der Waals surface area contributed by atoms with Gasteiger partial charge in [-0.05, 0) is 30.9 Å². The summed E-state index contributed by atoms with van der Waals surface area (Å²) < 4.78 is 0. The average Bonchev–Trinajstić information content (AvgIpc) is 2.47. The van der Waals surface area contributed by atoms with Crippen LogP contribution in [0.1, 0.15) is 18.1 Å². The molecule has 1 aliphatic heterocycles. The first kappa shape index (κ1) is 8.36. The molecule has 1 aromatic carbocycles. The highest BCUT2D eigenvalue weighted by Gasteiger charge is 2.18. The van der Waals surface area contributed by atoms with Crippen molar-refractivity contribution >= 4 is 5.69 Å². The Morgan fingerprint density at radius 2 is 2.46 bits per heavy atom. The maximum Gasteiger partial charge on any atom is 0.0411 e. The average molecular weight is 173 g/mol. The van der Waals surface area contributed by atoms with E-state index in [0.717, 1.165) is 12.8 Å². The van der Waals surface area contributed by atoms with Gasteiger partial charge in [0.25, 0.3) is 0 Å². The van der Waals surface area contributed by atoms with Gasteiger partial charge in [0.1, 0.15) is 0 Å². The van der Waals surface area contributed by atoms with Crippen molar-refractivity contribution in [3.63, 3.8) is 0 Å². The Morgan fingerprint density at radius 1 is 1.62 bits per heavy atom. The van der Waals surface area contributed by atoms with Gasteiger partial charge in [-0.15, -0.1) is 6.58 Å². The molecular weight excluding hydrogens is 158 g/mol. The first-order chi connectivity index (χ1) is 6.31. The zero-order chi connectivity index (χ0) is 9.26. The van der Waals surface area contributed by atoms with Gasteiger partial charge < -0.3 is 5.32 Å². The highest BCUT2D eigenvalue weighted by molar-refractivity contribution is 5.62. The number of nitrogens with one attached hydrogen (secondary N) is 1. The Labute approximate surface area is 79.5 Å². The Hall–Kier alpha value is -1.24. The number of allylic oxidation sites excluding steroid dienone is 1. The molecule has 0 saturated heterocycles. The second-order valence-electron chi connectivity index (χ2n) is 3.69. The summed E-state index contributed by atoms with van der Waals surface area (Å²) in [5, 5.41) is 3.50. The van der Waals surface area contributed by atoms with Gasteiger partial charge in [0, 0.05) is 11.7 Å². The van der Waals surface area contributed by atoms with E-state index in [1.165, 1.54) is 16.8 Å². The molecule has 1 atom stereocenters. The maximum atomic E-state index is 3.77. The largest absolute Gasteiger partial charge is 0.382 e. The number of para-hydroxylation sites is 1. The molecule has 1 heterocycles. The first-order valence-corrected chi connectivity index (χ1v) is 4.79. The van der Waals surface area contributed by atoms with E-state index in [4.69, 9.17) is 0 Å². The van der Waals surface area contributed by atoms with Gasteiger partial charge in [-0.3, -0.25) is 0 Å². The minimum absolute atomic E-state index is 0.584. The smallest absolute Gasteiger partial charge is 0.0411 e. The Bertz CT molecular complexity index is 328. The lowest BCUT2D eigenvalue weighted by molar-refractivity contribution is 0.839. The normalized spacial score (nSPS) is 19.3. The SMILES string of the molecule is C=CCc1cccc2c1NC(C)C2. The zero-order valence-corrected chi connectivity index (χ0v) is 8.01. The lowest BCUT2D eigenvalue weighted by Gasteiger charge is -2.07. The molecule has 0 saturated carbocycles. The fourth-order valence-electron chi connectivity index (χ4n) is 1.96. The van der Waals surface area contributed by atoms with Crippen LogP contribution in [0.15, 0.2) is 30.9 Å². The lowest BCUT2D eigenvalue weighted by atomic mass is 10.0. The summed E-state index contributed by atoms with van der Waals surface area (Å²) in [7, 11) is 0. The number of anilines is 1. The second-order valence-corrected chi connectivity index (χ2v) is 3.69. The number of hydrogen-bond donors (Lipinski definition) is 1. The second kappa shape index (κ2) is 3.25. The molecule has 1 nitrogen and oxygen atoms in total. The summed E-state index contributed by atoms with van der Waals surface area (Å²) >= 11 is 0. The molecule has 0 fully saturated rings. The highest BCUT2D eigenvalue weighted by Crippen LogP contribution is 2.29. The van der Waals surface area contributed by atoms with Crippen LogP contribution in [-0.2, 0) is 12.8 Å². The van der Waals surface area contributed by atoms with Gasteiger partial charge in [-0.25, -0.2) is 0 Å². The minimum Gasteiger partial charge on any atom is -0.382 e. The van der Waals surface area contributed by atoms with Crippen molar-refractivity contribution in [3.8, 4) is 0 Å². The fourth-order valence-corrected chi connectivity index (χ4v) is 1.96. The molecule has 1 N–H and O–H groups in total. The van der Waals surface area contributed by atoms with Crippen LogP contribution in [0.4, 0.5) is 5.69 Å². The number of fused-ring (bicyclic) bond motifs is 1. The van der Waals surface area contributed by atoms with Gasteiger partial charge in [0.2, 0.25) is 0 Å². The van der Waals surface area contributed by atoms with Crippen molar-refractivity contribution in [2.45, 2.75) is 25.8 Å². The van der Waals surface area contributed by atoms with Gasteiger partial charge in [0.05, 0.1) is 0 Å². The van der Waals surface area contributed by atoms with Crippen LogP contribution < -0.4 is 5.32 Å². The van der Waals surface area contributed by atoms with Crippen LogP contribution in [0.3, 0.4) is 0 Å². The van der Waals surface area contributed by atoms with Crippen molar-refractivity contribution in [1.29, 1.82) is 0 Å². The van der Waals surface area contributed by atoms with Crippen LogP contribution in [0.25, 0.3) is 0 Å². The van der Waals surface area contributed by atoms with E-state index in [-0.39, 0.29) is 0 Å². The summed E-state index contributed by atoms with van der Waals surface area (Å²) in [6.45, 7) is 5.99. The molecular formula is C12H15N. The molecule has 0 aliphatic carbocycles. The summed E-state index contributed by atoms with van der Waals surface area (Å²) in [5.74, 6) is 0. The van der Waals surface area contributed by atoms with Gasteiger partial charge in [0.15, 0.2) is 0 Å². The highest BCUT2D eigenvalue weighted by atomic mass is 14.9. The number of benzene rings is 1. The topological polar surface area (TPSA) is 12.0 Å². The molecule has 13 heavy (non-hydrogen) atoms. The minimum atomic E-state index is 0.584.